The van der Waals surface area contributed by atoms with E-state index in [9.17, 15) is 17.8 Å². The topological polar surface area (TPSA) is 86.3 Å². The van der Waals surface area contributed by atoms with Gasteiger partial charge in [-0.2, -0.15) is 0 Å². The summed E-state index contributed by atoms with van der Waals surface area (Å²) in [6, 6.07) is 5.50. The van der Waals surface area contributed by atoms with Gasteiger partial charge in [0.2, 0.25) is 5.91 Å². The Balaban J connectivity index is 0.00000289. The van der Waals surface area contributed by atoms with Crippen LogP contribution in [0.3, 0.4) is 0 Å². The van der Waals surface area contributed by atoms with Crippen LogP contribution in [0, 0.1) is 6.92 Å². The standard InChI is InChI=1S/C11H15NO4S.Na/c1-3-9-6-4-5-8(2)11(9)12-10(13)7-17(14,15)16;/h4-6H,3,7H2,1-2H3,(H,12,13)(H,14,15,16);/q;+1/p-1. The minimum atomic E-state index is -4.54. The van der Waals surface area contributed by atoms with E-state index in [0.29, 0.717) is 12.1 Å². The monoisotopic (exact) mass is 279 g/mol. The van der Waals surface area contributed by atoms with Crippen LogP contribution in [-0.4, -0.2) is 24.6 Å². The Hall–Kier alpha value is -0.400. The fourth-order valence-electron chi connectivity index (χ4n) is 1.54. The molecule has 0 bridgehead atoms. The van der Waals surface area contributed by atoms with Gasteiger partial charge in [0.15, 0.2) is 0 Å². The SMILES string of the molecule is CCc1cccc(C)c1NC(=O)CS(=O)(=O)[O-].[Na+]. The van der Waals surface area contributed by atoms with E-state index in [2.05, 4.69) is 5.32 Å². The maximum absolute atomic E-state index is 11.4. The number of nitrogens with one attached hydrogen (secondary N) is 1. The molecule has 1 rings (SSSR count). The third-order valence-electron chi connectivity index (χ3n) is 2.31. The van der Waals surface area contributed by atoms with E-state index in [4.69, 9.17) is 0 Å². The quantitative estimate of drug-likeness (QED) is 0.512. The molecule has 94 valence electrons. The van der Waals surface area contributed by atoms with Crippen LogP contribution in [0.2, 0.25) is 0 Å². The summed E-state index contributed by atoms with van der Waals surface area (Å²) in [6.45, 7) is 3.73. The van der Waals surface area contributed by atoms with Gasteiger partial charge in [-0.1, -0.05) is 25.1 Å². The van der Waals surface area contributed by atoms with E-state index in [1.165, 1.54) is 0 Å². The van der Waals surface area contributed by atoms with Crippen molar-refractivity contribution in [1.82, 2.24) is 0 Å². The number of para-hydroxylation sites is 1. The van der Waals surface area contributed by atoms with Crippen molar-refractivity contribution in [3.05, 3.63) is 29.3 Å². The number of hydrogen-bond acceptors (Lipinski definition) is 4. The summed E-state index contributed by atoms with van der Waals surface area (Å²) < 4.78 is 31.4. The molecule has 7 heteroatoms. The number of anilines is 1. The number of rotatable bonds is 4. The molecule has 0 aliphatic heterocycles. The summed E-state index contributed by atoms with van der Waals surface area (Å²) >= 11 is 0. The Morgan fingerprint density at radius 3 is 2.50 bits per heavy atom. The van der Waals surface area contributed by atoms with Gasteiger partial charge in [-0.15, -0.1) is 0 Å². The Bertz CT molecular complexity index is 528. The molecule has 1 aromatic carbocycles. The molecule has 0 radical (unpaired) electrons. The van der Waals surface area contributed by atoms with Gasteiger partial charge in [0, 0.05) is 5.69 Å². The van der Waals surface area contributed by atoms with Gasteiger partial charge in [0.05, 0.1) is 0 Å². The van der Waals surface area contributed by atoms with Crippen molar-refractivity contribution in [1.29, 1.82) is 0 Å². The van der Waals surface area contributed by atoms with Crippen molar-refractivity contribution >= 4 is 21.7 Å². The molecular formula is C11H14NNaO4S. The predicted molar refractivity (Wildman–Crippen MR) is 63.8 cm³/mol. The molecule has 18 heavy (non-hydrogen) atoms. The van der Waals surface area contributed by atoms with Crippen molar-refractivity contribution in [3.8, 4) is 0 Å². The van der Waals surface area contributed by atoms with Crippen molar-refractivity contribution in [2.75, 3.05) is 11.1 Å². The van der Waals surface area contributed by atoms with Gasteiger partial charge >= 0.3 is 29.6 Å². The van der Waals surface area contributed by atoms with Gasteiger partial charge in [-0.05, 0) is 24.5 Å². The molecule has 0 aliphatic carbocycles. The number of hydrogen-bond donors (Lipinski definition) is 1. The van der Waals surface area contributed by atoms with Gasteiger partial charge < -0.3 is 9.87 Å². The molecule has 0 saturated carbocycles. The van der Waals surface area contributed by atoms with E-state index < -0.39 is 21.8 Å². The third-order valence-corrected chi connectivity index (χ3v) is 2.93. The van der Waals surface area contributed by atoms with E-state index in [1.54, 1.807) is 13.0 Å². The van der Waals surface area contributed by atoms with Crippen molar-refractivity contribution in [2.24, 2.45) is 0 Å². The molecule has 0 unspecified atom stereocenters. The maximum atomic E-state index is 11.4. The predicted octanol–water partition coefficient (Wildman–Crippen LogP) is -1.95. The number of benzene rings is 1. The Morgan fingerprint density at radius 1 is 1.39 bits per heavy atom. The second kappa shape index (κ2) is 7.25. The van der Waals surface area contributed by atoms with Crippen LogP contribution in [0.15, 0.2) is 18.2 Å². The average Bonchev–Trinajstić information content (AvgIpc) is 2.18. The first-order valence-corrected chi connectivity index (χ1v) is 6.73. The number of amides is 1. The molecule has 1 amide bonds. The Morgan fingerprint density at radius 2 is 2.00 bits per heavy atom. The van der Waals surface area contributed by atoms with E-state index in [-0.39, 0.29) is 29.6 Å². The second-order valence-electron chi connectivity index (χ2n) is 3.71. The molecule has 0 saturated heterocycles. The summed E-state index contributed by atoms with van der Waals surface area (Å²) in [4.78, 5) is 11.4. The first kappa shape index (κ1) is 17.6. The summed E-state index contributed by atoms with van der Waals surface area (Å²) in [7, 11) is -4.54. The zero-order valence-corrected chi connectivity index (χ0v) is 13.5. The fourth-order valence-corrected chi connectivity index (χ4v) is 1.93. The molecule has 0 atom stereocenters. The van der Waals surface area contributed by atoms with Gasteiger partial charge in [-0.25, -0.2) is 8.42 Å². The zero-order chi connectivity index (χ0) is 13.1. The fraction of sp³-hybridized carbons (Fsp3) is 0.364. The summed E-state index contributed by atoms with van der Waals surface area (Å²) in [5.41, 5.74) is 2.33. The molecule has 0 fully saturated rings. The first-order valence-electron chi connectivity index (χ1n) is 5.15. The molecule has 0 aromatic heterocycles. The molecule has 0 spiro atoms. The molecule has 0 heterocycles. The molecule has 5 nitrogen and oxygen atoms in total. The molecule has 1 N–H and O–H groups in total. The molecular weight excluding hydrogens is 265 g/mol. The smallest absolute Gasteiger partial charge is 0.748 e. The van der Waals surface area contributed by atoms with Gasteiger partial charge in [0.25, 0.3) is 0 Å². The van der Waals surface area contributed by atoms with Crippen LogP contribution in [0.25, 0.3) is 0 Å². The van der Waals surface area contributed by atoms with Gasteiger partial charge in [-0.3, -0.25) is 4.79 Å². The van der Waals surface area contributed by atoms with Crippen LogP contribution < -0.4 is 34.9 Å². The first-order chi connectivity index (χ1) is 7.83. The van der Waals surface area contributed by atoms with E-state index >= 15 is 0 Å². The minimum Gasteiger partial charge on any atom is -0.748 e. The summed E-state index contributed by atoms with van der Waals surface area (Å²) in [6.07, 6.45) is 0.710. The van der Waals surface area contributed by atoms with Crippen molar-refractivity contribution < 1.29 is 47.3 Å². The number of aryl methyl sites for hydroxylation is 2. The van der Waals surface area contributed by atoms with Crippen molar-refractivity contribution in [3.63, 3.8) is 0 Å². The second-order valence-corrected chi connectivity index (χ2v) is 5.12. The minimum absolute atomic E-state index is 0. The van der Waals surface area contributed by atoms with Crippen LogP contribution >= 0.6 is 0 Å². The van der Waals surface area contributed by atoms with E-state index in [0.717, 1.165) is 11.1 Å². The number of carbonyl (C=O) groups excluding carboxylic acids is 1. The van der Waals surface area contributed by atoms with Crippen LogP contribution in [0.1, 0.15) is 18.1 Å². The normalized spacial score (nSPS) is 10.6. The zero-order valence-electron chi connectivity index (χ0n) is 10.7. The maximum Gasteiger partial charge on any atom is 1.00 e. The van der Waals surface area contributed by atoms with Gasteiger partial charge in [0.1, 0.15) is 15.9 Å². The van der Waals surface area contributed by atoms with Crippen LogP contribution in [0.4, 0.5) is 5.69 Å². The average molecular weight is 279 g/mol. The van der Waals surface area contributed by atoms with Crippen LogP contribution in [-0.2, 0) is 21.3 Å². The van der Waals surface area contributed by atoms with E-state index in [1.807, 2.05) is 19.1 Å². The summed E-state index contributed by atoms with van der Waals surface area (Å²) in [5, 5.41) is 2.47. The Labute approximate surface area is 129 Å². The summed E-state index contributed by atoms with van der Waals surface area (Å²) in [5.74, 6) is -1.84. The van der Waals surface area contributed by atoms with Crippen molar-refractivity contribution in [2.45, 2.75) is 20.3 Å². The molecule has 1 aromatic rings. The third kappa shape index (κ3) is 5.49. The van der Waals surface area contributed by atoms with Crippen LogP contribution in [0.5, 0.6) is 0 Å². The molecule has 0 aliphatic rings. The largest absolute Gasteiger partial charge is 1.00 e. The Kier molecular flexibility index (Phi) is 7.09. The number of carbonyl (C=O) groups is 1.